The largest absolute Gasteiger partial charge is 0.467 e. The van der Waals surface area contributed by atoms with Gasteiger partial charge >= 0.3 is 6.01 Å². The molecule has 0 N–H and O–H groups in total. The average molecular weight is 678 g/mol. The Morgan fingerprint density at radius 3 is 2.21 bits per heavy atom. The summed E-state index contributed by atoms with van der Waals surface area (Å²) in [6.45, 7) is 19.1. The Balaban J connectivity index is 0.000000579. The van der Waals surface area contributed by atoms with Crippen LogP contribution in [0.2, 0.25) is 5.02 Å². The maximum Gasteiger partial charge on any atom is 0.318 e. The van der Waals surface area contributed by atoms with Crippen LogP contribution in [-0.2, 0) is 11.2 Å². The first-order valence-corrected chi connectivity index (χ1v) is 16.8. The highest BCUT2D eigenvalue weighted by atomic mass is 35.5. The molecule has 258 valence electrons. The van der Waals surface area contributed by atoms with Gasteiger partial charge in [-0.2, -0.15) is 15.2 Å². The molecule has 3 heterocycles. The van der Waals surface area contributed by atoms with Crippen molar-refractivity contribution in [2.75, 3.05) is 58.3 Å². The molecule has 1 saturated heterocycles. The quantitative estimate of drug-likeness (QED) is 0.173. The van der Waals surface area contributed by atoms with Crippen LogP contribution >= 0.6 is 11.6 Å². The van der Waals surface area contributed by atoms with Crippen molar-refractivity contribution in [3.63, 3.8) is 0 Å². The standard InChI is InChI=1S/C27H25ClFN5O2.C6H15N.C2H3N.C2H6/c1-4-18-20(19-9-5-7-17-8-6-10-21(28)22(17)19)15-30-24-23(18)31-27(36-3)32-25(24)33-11-13-34(14-12-33)26(35)16(2)29;1-4-6-7(3)5-2;1-2-3;1-2/h5-10,15H,2,4,11-14H2,1,3H3;4-6H2,1-3H3;1H3;1-2H3. The van der Waals surface area contributed by atoms with Crippen molar-refractivity contribution in [2.45, 2.75) is 54.4 Å². The number of hydrogen-bond acceptors (Lipinski definition) is 8. The van der Waals surface area contributed by atoms with Gasteiger partial charge < -0.3 is 19.4 Å². The van der Waals surface area contributed by atoms with E-state index in [1.165, 1.54) is 38.4 Å². The second-order valence-electron chi connectivity index (χ2n) is 10.7. The van der Waals surface area contributed by atoms with Gasteiger partial charge in [-0.15, -0.1) is 0 Å². The molecule has 0 radical (unpaired) electrons. The summed E-state index contributed by atoms with van der Waals surface area (Å²) in [5.74, 6) is -1.00. The van der Waals surface area contributed by atoms with Crippen molar-refractivity contribution in [3.8, 4) is 23.2 Å². The van der Waals surface area contributed by atoms with Gasteiger partial charge in [-0.3, -0.25) is 9.78 Å². The maximum absolute atomic E-state index is 13.3. The van der Waals surface area contributed by atoms with Crippen LogP contribution in [0.1, 0.15) is 53.5 Å². The van der Waals surface area contributed by atoms with Gasteiger partial charge in [-0.05, 0) is 55.6 Å². The lowest BCUT2D eigenvalue weighted by Gasteiger charge is -2.35. The monoisotopic (exact) mass is 677 g/mol. The molecular formula is C37H49ClFN7O2. The van der Waals surface area contributed by atoms with E-state index in [1.54, 1.807) is 6.07 Å². The van der Waals surface area contributed by atoms with E-state index in [1.807, 2.05) is 61.3 Å². The van der Waals surface area contributed by atoms with Gasteiger partial charge in [-0.1, -0.05) is 83.1 Å². The smallest absolute Gasteiger partial charge is 0.318 e. The van der Waals surface area contributed by atoms with Crippen LogP contribution in [0.15, 0.2) is 55.0 Å². The fraction of sp³-hybridized carbons (Fsp3) is 0.432. The number of nitrogens with zero attached hydrogens (tertiary/aromatic N) is 7. The Labute approximate surface area is 290 Å². The number of benzene rings is 2. The number of hydrogen-bond donors (Lipinski definition) is 0. The molecule has 2 aromatic carbocycles. The molecule has 0 bridgehead atoms. The van der Waals surface area contributed by atoms with Gasteiger partial charge in [0.2, 0.25) is 0 Å². The van der Waals surface area contributed by atoms with Crippen LogP contribution in [0.25, 0.3) is 32.9 Å². The third kappa shape index (κ3) is 9.85. The zero-order chi connectivity index (χ0) is 35.8. The summed E-state index contributed by atoms with van der Waals surface area (Å²) >= 11 is 6.62. The van der Waals surface area contributed by atoms with Gasteiger partial charge in [-0.25, -0.2) is 4.39 Å². The van der Waals surface area contributed by atoms with Crippen molar-refractivity contribution < 1.29 is 13.9 Å². The van der Waals surface area contributed by atoms with E-state index in [0.717, 1.165) is 27.5 Å². The van der Waals surface area contributed by atoms with E-state index >= 15 is 0 Å². The summed E-state index contributed by atoms with van der Waals surface area (Å²) in [5, 5.41) is 10.0. The lowest BCUT2D eigenvalue weighted by atomic mass is 9.94. The van der Waals surface area contributed by atoms with Crippen LogP contribution in [0.5, 0.6) is 6.01 Å². The molecule has 1 aliphatic rings. The number of ether oxygens (including phenoxy) is 1. The summed E-state index contributed by atoms with van der Waals surface area (Å²) in [4.78, 5) is 31.9. The zero-order valence-electron chi connectivity index (χ0n) is 29.6. The molecule has 5 rings (SSSR count). The summed E-state index contributed by atoms with van der Waals surface area (Å²) in [7, 11) is 3.67. The molecule has 0 aliphatic carbocycles. The van der Waals surface area contributed by atoms with E-state index < -0.39 is 11.7 Å². The number of aryl methyl sites for hydroxylation is 1. The third-order valence-electron chi connectivity index (χ3n) is 7.70. The molecule has 11 heteroatoms. The number of piperazine rings is 1. The molecule has 2 aromatic heterocycles. The van der Waals surface area contributed by atoms with E-state index in [0.29, 0.717) is 54.5 Å². The molecule has 9 nitrogen and oxygen atoms in total. The number of pyridine rings is 1. The minimum absolute atomic E-state index is 0.234. The van der Waals surface area contributed by atoms with Crippen LogP contribution in [0.3, 0.4) is 0 Å². The summed E-state index contributed by atoms with van der Waals surface area (Å²) < 4.78 is 18.8. The van der Waals surface area contributed by atoms with Crippen LogP contribution in [-0.4, -0.2) is 84.1 Å². The highest BCUT2D eigenvalue weighted by Crippen LogP contribution is 2.38. The highest BCUT2D eigenvalue weighted by molar-refractivity contribution is 6.36. The summed E-state index contributed by atoms with van der Waals surface area (Å²) in [6, 6.07) is 13.9. The van der Waals surface area contributed by atoms with E-state index in [2.05, 4.69) is 44.3 Å². The number of rotatable bonds is 8. The van der Waals surface area contributed by atoms with Crippen LogP contribution in [0, 0.1) is 11.3 Å². The van der Waals surface area contributed by atoms with E-state index in [9.17, 15) is 9.18 Å². The van der Waals surface area contributed by atoms with Crippen LogP contribution < -0.4 is 9.64 Å². The Kier molecular flexibility index (Phi) is 16.7. The molecule has 0 spiro atoms. The molecular weight excluding hydrogens is 629 g/mol. The first-order chi connectivity index (χ1) is 23.1. The molecule has 1 fully saturated rings. The predicted octanol–water partition coefficient (Wildman–Crippen LogP) is 8.11. The SMILES string of the molecule is C=C(F)C(=O)N1CCN(c2nc(OC)nc3c(CC)c(-c4cccc5cccc(Cl)c45)cnc23)CC1.CC.CC#N.CCCN(C)CC. The van der Waals surface area contributed by atoms with E-state index in [4.69, 9.17) is 31.6 Å². The topological polar surface area (TPSA) is 98.5 Å². The molecule has 0 unspecified atom stereocenters. The first kappa shape index (κ1) is 39.8. The normalized spacial score (nSPS) is 12.2. The Morgan fingerprint density at radius 1 is 1.06 bits per heavy atom. The number of fused-ring (bicyclic) bond motifs is 2. The number of carbonyl (C=O) groups excluding carboxylic acids is 1. The minimum atomic E-state index is -0.951. The van der Waals surface area contributed by atoms with Gasteiger partial charge in [0.15, 0.2) is 11.6 Å². The van der Waals surface area contributed by atoms with Gasteiger partial charge in [0.25, 0.3) is 5.91 Å². The van der Waals surface area contributed by atoms with Crippen molar-refractivity contribution in [3.05, 3.63) is 65.6 Å². The fourth-order valence-electron chi connectivity index (χ4n) is 5.34. The number of carbonyl (C=O) groups is 1. The number of aromatic nitrogens is 3. The lowest BCUT2D eigenvalue weighted by Crippen LogP contribution is -2.49. The number of nitriles is 1. The highest BCUT2D eigenvalue weighted by Gasteiger charge is 2.27. The van der Waals surface area contributed by atoms with Gasteiger partial charge in [0.05, 0.1) is 13.2 Å². The number of halogens is 2. The second kappa shape index (κ2) is 20.1. The maximum atomic E-state index is 13.3. The summed E-state index contributed by atoms with van der Waals surface area (Å²) in [6.07, 6.45) is 3.82. The van der Waals surface area contributed by atoms with Crippen molar-refractivity contribution in [2.24, 2.45) is 0 Å². The van der Waals surface area contributed by atoms with E-state index in [-0.39, 0.29) is 6.01 Å². The Morgan fingerprint density at radius 2 is 1.69 bits per heavy atom. The minimum Gasteiger partial charge on any atom is -0.467 e. The molecule has 48 heavy (non-hydrogen) atoms. The molecule has 4 aromatic rings. The molecule has 1 aliphatic heterocycles. The zero-order valence-corrected chi connectivity index (χ0v) is 30.4. The molecule has 0 atom stereocenters. The van der Waals surface area contributed by atoms with Gasteiger partial charge in [0, 0.05) is 55.3 Å². The number of amides is 1. The molecule has 1 amide bonds. The molecule has 0 saturated carbocycles. The number of anilines is 1. The van der Waals surface area contributed by atoms with Crippen LogP contribution in [0.4, 0.5) is 10.2 Å². The first-order valence-electron chi connectivity index (χ1n) is 16.4. The van der Waals surface area contributed by atoms with Crippen molar-refractivity contribution in [1.82, 2.24) is 24.8 Å². The fourth-order valence-corrected chi connectivity index (χ4v) is 5.62. The van der Waals surface area contributed by atoms with Gasteiger partial charge in [0.1, 0.15) is 11.0 Å². The summed E-state index contributed by atoms with van der Waals surface area (Å²) in [5.41, 5.74) is 4.31. The van der Waals surface area contributed by atoms with Crippen molar-refractivity contribution >= 4 is 45.1 Å². The average Bonchev–Trinajstić information content (AvgIpc) is 3.11. The second-order valence-corrected chi connectivity index (χ2v) is 11.1. The van der Waals surface area contributed by atoms with Crippen molar-refractivity contribution in [1.29, 1.82) is 5.26 Å². The lowest BCUT2D eigenvalue weighted by molar-refractivity contribution is -0.128. The Hall–Kier alpha value is -4.33. The predicted molar refractivity (Wildman–Crippen MR) is 196 cm³/mol. The Bertz CT molecular complexity index is 1700. The number of methoxy groups -OCH3 is 1. The third-order valence-corrected chi connectivity index (χ3v) is 8.02.